The molecule has 2 rings (SSSR count). The number of hydrogen-bond acceptors (Lipinski definition) is 2. The molecule has 0 N–H and O–H groups in total. The molecule has 0 spiro atoms. The first-order valence-electron chi connectivity index (χ1n) is 3.85. The van der Waals surface area contributed by atoms with Crippen molar-refractivity contribution in [1.29, 1.82) is 0 Å². The fourth-order valence-electron chi connectivity index (χ4n) is 1.91. The van der Waals surface area contributed by atoms with Gasteiger partial charge in [-0.3, -0.25) is 4.90 Å². The topological polar surface area (TPSA) is 6.48 Å². The lowest BCUT2D eigenvalue weighted by molar-refractivity contribution is 0.292. The maximum atomic E-state index is 2.42. The molecule has 2 aliphatic rings. The van der Waals surface area contributed by atoms with Gasteiger partial charge in [0.15, 0.2) is 0 Å². The maximum absolute atomic E-state index is 2.42. The van der Waals surface area contributed by atoms with Crippen molar-refractivity contribution < 1.29 is 0 Å². The molecule has 1 fully saturated rings. The summed E-state index contributed by atoms with van der Waals surface area (Å²) in [4.78, 5) is 4.80. The van der Waals surface area contributed by atoms with Gasteiger partial charge in [-0.2, -0.15) is 0 Å². The van der Waals surface area contributed by atoms with Gasteiger partial charge in [-0.05, 0) is 19.7 Å². The third-order valence-electron chi connectivity index (χ3n) is 2.54. The molecule has 0 aliphatic carbocycles. The van der Waals surface area contributed by atoms with Gasteiger partial charge in [-0.1, -0.05) is 6.08 Å². The lowest BCUT2D eigenvalue weighted by atomic mass is 10.2. The molecule has 0 amide bonds. The Balaban J connectivity index is 2.16. The number of fused-ring (bicyclic) bond motifs is 1. The number of nitrogens with zero attached hydrogens (tertiary/aromatic N) is 2. The van der Waals surface area contributed by atoms with Crippen molar-refractivity contribution in [2.45, 2.75) is 6.04 Å². The van der Waals surface area contributed by atoms with Gasteiger partial charge in [0.05, 0.1) is 0 Å². The van der Waals surface area contributed by atoms with Crippen LogP contribution in [-0.2, 0) is 0 Å². The molecule has 56 valence electrons. The first kappa shape index (κ1) is 6.38. The molecule has 1 atom stereocenters. The molecule has 0 aromatic rings. The Morgan fingerprint density at radius 1 is 1.50 bits per heavy atom. The number of likely N-dealkylation sites (tertiary alicyclic amines) is 1. The van der Waals surface area contributed by atoms with E-state index in [9.17, 15) is 0 Å². The van der Waals surface area contributed by atoms with Crippen molar-refractivity contribution in [3.8, 4) is 0 Å². The lowest BCUT2D eigenvalue weighted by Gasteiger charge is -2.17. The van der Waals surface area contributed by atoms with Crippen molar-refractivity contribution in [3.63, 3.8) is 0 Å². The summed E-state index contributed by atoms with van der Waals surface area (Å²) in [5.41, 5.74) is 1.63. The Hall–Kier alpha value is -0.340. The molecule has 2 nitrogen and oxygen atoms in total. The minimum atomic E-state index is 0.741. The van der Waals surface area contributed by atoms with E-state index in [4.69, 9.17) is 0 Å². The van der Waals surface area contributed by atoms with Gasteiger partial charge < -0.3 is 4.90 Å². The molecule has 2 aliphatic heterocycles. The summed E-state index contributed by atoms with van der Waals surface area (Å²) in [6.07, 6.45) is 2.37. The van der Waals surface area contributed by atoms with E-state index in [-0.39, 0.29) is 0 Å². The normalized spacial score (nSPS) is 34.6. The molecule has 1 unspecified atom stereocenters. The highest BCUT2D eigenvalue weighted by Crippen LogP contribution is 2.23. The van der Waals surface area contributed by atoms with Crippen molar-refractivity contribution in [2.24, 2.45) is 0 Å². The number of rotatable bonds is 0. The summed E-state index contributed by atoms with van der Waals surface area (Å²) < 4.78 is 0. The fourth-order valence-corrected chi connectivity index (χ4v) is 1.91. The quantitative estimate of drug-likeness (QED) is 0.440. The highest BCUT2D eigenvalue weighted by atomic mass is 15.2. The van der Waals surface area contributed by atoms with E-state index < -0.39 is 0 Å². The lowest BCUT2D eigenvalue weighted by Crippen LogP contribution is -2.30. The standard InChI is InChI=1S/C8H14N2/c1-9-5-7-3-4-10(2)8(7)6-9/h3,8H,4-6H2,1-2H3. The third-order valence-corrected chi connectivity index (χ3v) is 2.54. The minimum Gasteiger partial charge on any atom is -0.300 e. The molecule has 0 aromatic carbocycles. The van der Waals surface area contributed by atoms with Gasteiger partial charge in [0.25, 0.3) is 0 Å². The van der Waals surface area contributed by atoms with Crippen LogP contribution in [0, 0.1) is 0 Å². The van der Waals surface area contributed by atoms with Gasteiger partial charge in [-0.15, -0.1) is 0 Å². The van der Waals surface area contributed by atoms with Gasteiger partial charge in [-0.25, -0.2) is 0 Å². The molecule has 0 saturated carbocycles. The van der Waals surface area contributed by atoms with E-state index in [1.807, 2.05) is 0 Å². The zero-order valence-corrected chi connectivity index (χ0v) is 6.67. The molecular formula is C8H14N2. The van der Waals surface area contributed by atoms with Crippen molar-refractivity contribution in [1.82, 2.24) is 9.80 Å². The number of hydrogen-bond donors (Lipinski definition) is 0. The average molecular weight is 138 g/mol. The van der Waals surface area contributed by atoms with E-state index in [1.54, 1.807) is 5.57 Å². The molecule has 2 heterocycles. The van der Waals surface area contributed by atoms with Crippen molar-refractivity contribution >= 4 is 0 Å². The van der Waals surface area contributed by atoms with Crippen molar-refractivity contribution in [3.05, 3.63) is 11.6 Å². The first-order chi connectivity index (χ1) is 4.77. The average Bonchev–Trinajstić information content (AvgIpc) is 2.35. The molecule has 0 radical (unpaired) electrons. The second kappa shape index (κ2) is 2.07. The van der Waals surface area contributed by atoms with E-state index >= 15 is 0 Å². The zero-order chi connectivity index (χ0) is 7.14. The minimum absolute atomic E-state index is 0.741. The molecular weight excluding hydrogens is 124 g/mol. The van der Waals surface area contributed by atoms with Crippen molar-refractivity contribution in [2.75, 3.05) is 33.7 Å². The second-order valence-electron chi connectivity index (χ2n) is 3.43. The van der Waals surface area contributed by atoms with Crippen LogP contribution < -0.4 is 0 Å². The Morgan fingerprint density at radius 2 is 2.30 bits per heavy atom. The van der Waals surface area contributed by atoms with Crippen LogP contribution in [0.15, 0.2) is 11.6 Å². The Labute approximate surface area is 62.1 Å². The smallest absolute Gasteiger partial charge is 0.0448 e. The molecule has 0 bridgehead atoms. The van der Waals surface area contributed by atoms with E-state index in [0.717, 1.165) is 12.6 Å². The molecule has 0 aromatic heterocycles. The Kier molecular flexibility index (Phi) is 1.32. The van der Waals surface area contributed by atoms with Crippen LogP contribution in [0.25, 0.3) is 0 Å². The summed E-state index contributed by atoms with van der Waals surface area (Å²) in [6.45, 7) is 3.57. The SMILES string of the molecule is CN1CC2=CCN(C)C2C1. The van der Waals surface area contributed by atoms with Gasteiger partial charge in [0.2, 0.25) is 0 Å². The van der Waals surface area contributed by atoms with Crippen LogP contribution in [0.5, 0.6) is 0 Å². The zero-order valence-electron chi connectivity index (χ0n) is 6.67. The third kappa shape index (κ3) is 0.796. The van der Waals surface area contributed by atoms with Gasteiger partial charge >= 0.3 is 0 Å². The largest absolute Gasteiger partial charge is 0.300 e. The highest BCUT2D eigenvalue weighted by molar-refractivity contribution is 5.23. The maximum Gasteiger partial charge on any atom is 0.0448 e. The summed E-state index contributed by atoms with van der Waals surface area (Å²) in [5.74, 6) is 0. The van der Waals surface area contributed by atoms with Crippen LogP contribution in [0.3, 0.4) is 0 Å². The van der Waals surface area contributed by atoms with Crippen LogP contribution in [0.4, 0.5) is 0 Å². The van der Waals surface area contributed by atoms with Crippen LogP contribution >= 0.6 is 0 Å². The summed E-state index contributed by atoms with van der Waals surface area (Å²) >= 11 is 0. The van der Waals surface area contributed by atoms with E-state index in [2.05, 4.69) is 30.0 Å². The Bertz CT molecular complexity index is 174. The molecule has 10 heavy (non-hydrogen) atoms. The predicted molar refractivity (Wildman–Crippen MR) is 42.0 cm³/mol. The van der Waals surface area contributed by atoms with Gasteiger partial charge in [0, 0.05) is 25.7 Å². The van der Waals surface area contributed by atoms with E-state index in [0.29, 0.717) is 0 Å². The molecule has 1 saturated heterocycles. The van der Waals surface area contributed by atoms with Crippen LogP contribution in [0.1, 0.15) is 0 Å². The second-order valence-corrected chi connectivity index (χ2v) is 3.43. The summed E-state index contributed by atoms with van der Waals surface area (Å²) in [7, 11) is 4.39. The number of likely N-dealkylation sites (N-methyl/N-ethyl adjacent to an activating group) is 2. The fraction of sp³-hybridized carbons (Fsp3) is 0.750. The highest BCUT2D eigenvalue weighted by Gasteiger charge is 2.31. The summed E-state index contributed by atoms with van der Waals surface area (Å²) in [5, 5.41) is 0. The summed E-state index contributed by atoms with van der Waals surface area (Å²) in [6, 6.07) is 0.741. The van der Waals surface area contributed by atoms with Crippen LogP contribution in [0.2, 0.25) is 0 Å². The monoisotopic (exact) mass is 138 g/mol. The predicted octanol–water partition coefficient (Wildman–Crippen LogP) is 0.172. The Morgan fingerprint density at radius 3 is 3.00 bits per heavy atom. The van der Waals surface area contributed by atoms with Gasteiger partial charge in [0.1, 0.15) is 0 Å². The first-order valence-corrected chi connectivity index (χ1v) is 3.85. The molecule has 2 heteroatoms. The van der Waals surface area contributed by atoms with Crippen LogP contribution in [-0.4, -0.2) is 49.6 Å². The van der Waals surface area contributed by atoms with E-state index in [1.165, 1.54) is 13.1 Å².